The van der Waals surface area contributed by atoms with Crippen LogP contribution < -0.4 is 0 Å². The largest absolute Gasteiger partial charge is 0.433 e. The first-order valence-electron chi connectivity index (χ1n) is 5.62. The maximum Gasteiger partial charge on any atom is 0.433 e. The molecule has 7 heteroatoms. The third-order valence-corrected chi connectivity index (χ3v) is 3.38. The Kier molecular flexibility index (Phi) is 2.90. The minimum atomic E-state index is -0.678. The maximum atomic E-state index is 12.3. The summed E-state index contributed by atoms with van der Waals surface area (Å²) in [6.07, 6.45) is 1.56. The molecule has 2 aromatic heterocycles. The van der Waals surface area contributed by atoms with Crippen molar-refractivity contribution in [3.63, 3.8) is 0 Å². The van der Waals surface area contributed by atoms with Gasteiger partial charge in [0.05, 0.1) is 11.6 Å². The first-order chi connectivity index (χ1) is 9.56. The van der Waals surface area contributed by atoms with E-state index in [-0.39, 0.29) is 5.76 Å². The molecule has 0 saturated carbocycles. The van der Waals surface area contributed by atoms with Crippen LogP contribution in [-0.2, 0) is 0 Å². The molecule has 0 unspecified atom stereocenters. The van der Waals surface area contributed by atoms with Crippen molar-refractivity contribution in [3.8, 4) is 0 Å². The summed E-state index contributed by atoms with van der Waals surface area (Å²) in [5.41, 5.74) is 1.21. The van der Waals surface area contributed by atoms with Crippen LogP contribution in [0.3, 0.4) is 0 Å². The number of carbonyl (C=O) groups is 1. The SMILES string of the molecule is O=C(c1ccc([N+](=O)[O-])o1)c1c[nH]c2ccc(Br)cc12. The van der Waals surface area contributed by atoms with Gasteiger partial charge in [-0.3, -0.25) is 14.9 Å². The molecule has 0 bridgehead atoms. The molecule has 1 N–H and O–H groups in total. The number of H-pyrrole nitrogens is 1. The lowest BCUT2D eigenvalue weighted by atomic mass is 10.1. The Morgan fingerprint density at radius 3 is 2.80 bits per heavy atom. The van der Waals surface area contributed by atoms with E-state index in [1.54, 1.807) is 12.3 Å². The fraction of sp³-hybridized carbons (Fsp3) is 0. The average molecular weight is 335 g/mol. The summed E-state index contributed by atoms with van der Waals surface area (Å²) in [4.78, 5) is 25.2. The highest BCUT2D eigenvalue weighted by Crippen LogP contribution is 2.26. The van der Waals surface area contributed by atoms with Gasteiger partial charge >= 0.3 is 5.88 Å². The Labute approximate surface area is 120 Å². The van der Waals surface area contributed by atoms with Gasteiger partial charge in [0.1, 0.15) is 4.92 Å². The van der Waals surface area contributed by atoms with E-state index in [2.05, 4.69) is 20.9 Å². The fourth-order valence-electron chi connectivity index (χ4n) is 1.96. The number of nitro groups is 1. The number of aromatic nitrogens is 1. The molecule has 6 nitrogen and oxygen atoms in total. The van der Waals surface area contributed by atoms with E-state index < -0.39 is 16.6 Å². The summed E-state index contributed by atoms with van der Waals surface area (Å²) < 4.78 is 5.77. The number of halogens is 1. The third kappa shape index (κ3) is 2.01. The second kappa shape index (κ2) is 4.61. The summed E-state index contributed by atoms with van der Waals surface area (Å²) >= 11 is 3.34. The van der Waals surface area contributed by atoms with Gasteiger partial charge in [0.2, 0.25) is 5.78 Å². The Morgan fingerprint density at radius 2 is 2.10 bits per heavy atom. The highest BCUT2D eigenvalue weighted by molar-refractivity contribution is 9.10. The number of furan rings is 1. The summed E-state index contributed by atoms with van der Waals surface area (Å²) in [5, 5.41) is 11.3. The minimum absolute atomic E-state index is 0.0578. The minimum Gasteiger partial charge on any atom is -0.397 e. The first kappa shape index (κ1) is 12.6. The van der Waals surface area contributed by atoms with E-state index in [1.165, 1.54) is 6.07 Å². The second-order valence-electron chi connectivity index (χ2n) is 4.12. The van der Waals surface area contributed by atoms with Crippen molar-refractivity contribution in [2.75, 3.05) is 0 Å². The third-order valence-electron chi connectivity index (χ3n) is 2.88. The molecule has 20 heavy (non-hydrogen) atoms. The van der Waals surface area contributed by atoms with Crippen LogP contribution in [0.4, 0.5) is 5.88 Å². The van der Waals surface area contributed by atoms with Crippen molar-refractivity contribution in [3.05, 3.63) is 62.4 Å². The van der Waals surface area contributed by atoms with Crippen LogP contribution in [0.5, 0.6) is 0 Å². The number of benzene rings is 1. The lowest BCUT2D eigenvalue weighted by molar-refractivity contribution is -0.402. The van der Waals surface area contributed by atoms with Gasteiger partial charge < -0.3 is 9.40 Å². The van der Waals surface area contributed by atoms with Crippen molar-refractivity contribution in [1.82, 2.24) is 4.98 Å². The predicted octanol–water partition coefficient (Wildman–Crippen LogP) is 3.66. The highest BCUT2D eigenvalue weighted by atomic mass is 79.9. The molecule has 0 saturated heterocycles. The van der Waals surface area contributed by atoms with Crippen LogP contribution >= 0.6 is 15.9 Å². The molecule has 3 rings (SSSR count). The average Bonchev–Trinajstić information content (AvgIpc) is 3.04. The number of aromatic amines is 1. The topological polar surface area (TPSA) is 89.1 Å². The highest BCUT2D eigenvalue weighted by Gasteiger charge is 2.21. The van der Waals surface area contributed by atoms with Crippen molar-refractivity contribution in [2.24, 2.45) is 0 Å². The monoisotopic (exact) mass is 334 g/mol. The van der Waals surface area contributed by atoms with Gasteiger partial charge in [-0.2, -0.15) is 0 Å². The van der Waals surface area contributed by atoms with Gasteiger partial charge in [-0.1, -0.05) is 15.9 Å². The molecule has 100 valence electrons. The van der Waals surface area contributed by atoms with Gasteiger partial charge in [-0.05, 0) is 24.3 Å². The smallest absolute Gasteiger partial charge is 0.397 e. The van der Waals surface area contributed by atoms with E-state index in [1.807, 2.05) is 12.1 Å². The van der Waals surface area contributed by atoms with Gasteiger partial charge in [-0.25, -0.2) is 0 Å². The first-order valence-corrected chi connectivity index (χ1v) is 6.41. The zero-order chi connectivity index (χ0) is 14.3. The van der Waals surface area contributed by atoms with E-state index in [9.17, 15) is 14.9 Å². The molecule has 0 radical (unpaired) electrons. The Bertz CT molecular complexity index is 834. The predicted molar refractivity (Wildman–Crippen MR) is 74.8 cm³/mol. The molecule has 0 atom stereocenters. The van der Waals surface area contributed by atoms with Gasteiger partial charge in [0.15, 0.2) is 5.76 Å². The van der Waals surface area contributed by atoms with E-state index in [4.69, 9.17) is 4.42 Å². The number of hydrogen-bond acceptors (Lipinski definition) is 4. The Morgan fingerprint density at radius 1 is 1.30 bits per heavy atom. The van der Waals surface area contributed by atoms with Crippen LogP contribution in [0.15, 0.2) is 45.4 Å². The zero-order valence-electron chi connectivity index (χ0n) is 9.92. The van der Waals surface area contributed by atoms with Crippen LogP contribution in [-0.4, -0.2) is 15.7 Å². The number of fused-ring (bicyclic) bond motifs is 1. The quantitative estimate of drug-likeness (QED) is 0.449. The lowest BCUT2D eigenvalue weighted by Crippen LogP contribution is -1.98. The molecule has 0 fully saturated rings. The van der Waals surface area contributed by atoms with Gasteiger partial charge in [-0.15, -0.1) is 0 Å². The molecule has 1 aromatic carbocycles. The zero-order valence-corrected chi connectivity index (χ0v) is 11.5. The molecule has 0 amide bonds. The molecular weight excluding hydrogens is 328 g/mol. The maximum absolute atomic E-state index is 12.3. The number of nitrogens with zero attached hydrogens (tertiary/aromatic N) is 1. The summed E-state index contributed by atoms with van der Waals surface area (Å²) in [5.74, 6) is -0.908. The number of ketones is 1. The molecule has 3 aromatic rings. The van der Waals surface area contributed by atoms with Gasteiger partial charge in [0.25, 0.3) is 0 Å². The Hall–Kier alpha value is -2.41. The Balaban J connectivity index is 2.07. The molecule has 0 spiro atoms. The van der Waals surface area contributed by atoms with Crippen LogP contribution in [0.2, 0.25) is 0 Å². The number of carbonyl (C=O) groups excluding carboxylic acids is 1. The molecule has 0 aliphatic rings. The summed E-state index contributed by atoms with van der Waals surface area (Å²) in [6, 6.07) is 7.96. The standard InChI is InChI=1S/C13H7BrN2O4/c14-7-1-2-10-8(5-7)9(6-15-10)13(17)11-3-4-12(20-11)16(18)19/h1-6,15H. The summed E-state index contributed by atoms with van der Waals surface area (Å²) in [6.45, 7) is 0. The fourth-order valence-corrected chi connectivity index (χ4v) is 2.32. The molecular formula is C13H7BrN2O4. The van der Waals surface area contributed by atoms with E-state index >= 15 is 0 Å². The number of nitrogens with one attached hydrogen (secondary N) is 1. The van der Waals surface area contributed by atoms with Crippen molar-refractivity contribution < 1.29 is 14.1 Å². The molecule has 0 aliphatic heterocycles. The summed E-state index contributed by atoms with van der Waals surface area (Å²) in [7, 11) is 0. The van der Waals surface area contributed by atoms with Crippen LogP contribution in [0.1, 0.15) is 16.1 Å². The molecule has 0 aliphatic carbocycles. The molecule has 2 heterocycles. The number of hydrogen-bond donors (Lipinski definition) is 1. The van der Waals surface area contributed by atoms with Crippen LogP contribution in [0.25, 0.3) is 10.9 Å². The number of rotatable bonds is 3. The van der Waals surface area contributed by atoms with E-state index in [0.717, 1.165) is 21.4 Å². The van der Waals surface area contributed by atoms with E-state index in [0.29, 0.717) is 5.56 Å². The lowest BCUT2D eigenvalue weighted by Gasteiger charge is -1.96. The van der Waals surface area contributed by atoms with Crippen molar-refractivity contribution >= 4 is 38.5 Å². The normalized spacial score (nSPS) is 10.8. The van der Waals surface area contributed by atoms with Gasteiger partial charge in [0, 0.05) is 21.6 Å². The van der Waals surface area contributed by atoms with Crippen LogP contribution in [0, 0.1) is 10.1 Å². The second-order valence-corrected chi connectivity index (χ2v) is 5.03. The van der Waals surface area contributed by atoms with Crippen molar-refractivity contribution in [2.45, 2.75) is 0 Å². The van der Waals surface area contributed by atoms with Crippen molar-refractivity contribution in [1.29, 1.82) is 0 Å².